The molecule has 0 aliphatic heterocycles. The van der Waals surface area contributed by atoms with Crippen molar-refractivity contribution in [2.75, 3.05) is 0 Å². The van der Waals surface area contributed by atoms with Crippen molar-refractivity contribution in [1.82, 2.24) is 0 Å². The molecule has 0 saturated carbocycles. The summed E-state index contributed by atoms with van der Waals surface area (Å²) in [6.45, 7) is 0. The highest BCUT2D eigenvalue weighted by molar-refractivity contribution is 6.03. The summed E-state index contributed by atoms with van der Waals surface area (Å²) >= 11 is 0. The van der Waals surface area contributed by atoms with Crippen LogP contribution in [0.1, 0.15) is 38.7 Å². The van der Waals surface area contributed by atoms with Gasteiger partial charge in [0.05, 0.1) is 5.56 Å². The number of Topliss-reactive ketones (excluding diaryl/α,β-unsaturated/α-hetero) is 1. The van der Waals surface area contributed by atoms with Crippen molar-refractivity contribution in [2.24, 2.45) is 5.73 Å². The fourth-order valence-electron chi connectivity index (χ4n) is 1.67. The number of aromatic carboxylic acids is 1. The highest BCUT2D eigenvalue weighted by Crippen LogP contribution is 2.29. The number of benzene rings is 1. The second-order valence-corrected chi connectivity index (χ2v) is 3.34. The molecule has 1 aromatic rings. The Morgan fingerprint density at radius 3 is 2.86 bits per heavy atom. The molecule has 0 saturated heterocycles. The van der Waals surface area contributed by atoms with Gasteiger partial charge in [-0.25, -0.2) is 4.79 Å². The van der Waals surface area contributed by atoms with E-state index in [0.717, 1.165) is 5.56 Å². The zero-order chi connectivity index (χ0) is 10.3. The maximum Gasteiger partial charge on any atom is 0.335 e. The number of hydrogen-bond donors (Lipinski definition) is 2. The summed E-state index contributed by atoms with van der Waals surface area (Å²) in [5, 5.41) is 8.73. The lowest BCUT2D eigenvalue weighted by molar-refractivity contribution is 0.0697. The van der Waals surface area contributed by atoms with Crippen LogP contribution in [0.5, 0.6) is 0 Å². The molecule has 1 aliphatic carbocycles. The van der Waals surface area contributed by atoms with Crippen LogP contribution >= 0.6 is 0 Å². The number of nitrogens with two attached hydrogens (primary N) is 1. The third-order valence-corrected chi connectivity index (χ3v) is 2.41. The van der Waals surface area contributed by atoms with E-state index in [1.165, 1.54) is 12.1 Å². The van der Waals surface area contributed by atoms with Crippen LogP contribution in [-0.2, 0) is 0 Å². The Kier molecular flexibility index (Phi) is 1.86. The highest BCUT2D eigenvalue weighted by Gasteiger charge is 2.27. The van der Waals surface area contributed by atoms with Crippen LogP contribution < -0.4 is 5.73 Å². The lowest BCUT2D eigenvalue weighted by Gasteiger charge is -2.03. The van der Waals surface area contributed by atoms with Gasteiger partial charge in [-0.05, 0) is 17.7 Å². The van der Waals surface area contributed by atoms with Crippen molar-refractivity contribution >= 4 is 11.8 Å². The van der Waals surface area contributed by atoms with Gasteiger partial charge in [0.15, 0.2) is 5.78 Å². The molecule has 0 heterocycles. The van der Waals surface area contributed by atoms with E-state index in [1.807, 2.05) is 0 Å². The van der Waals surface area contributed by atoms with Crippen LogP contribution in [0.4, 0.5) is 0 Å². The molecule has 0 spiro atoms. The summed E-state index contributed by atoms with van der Waals surface area (Å²) < 4.78 is 0. The molecule has 1 aromatic carbocycles. The molecule has 4 nitrogen and oxygen atoms in total. The molecule has 4 heteroatoms. The summed E-state index contributed by atoms with van der Waals surface area (Å²) in [4.78, 5) is 22.0. The first-order valence-electron chi connectivity index (χ1n) is 4.25. The zero-order valence-corrected chi connectivity index (χ0v) is 7.36. The quantitative estimate of drug-likeness (QED) is 0.693. The van der Waals surface area contributed by atoms with Crippen LogP contribution in [0.3, 0.4) is 0 Å². The minimum Gasteiger partial charge on any atom is -0.478 e. The third-order valence-electron chi connectivity index (χ3n) is 2.41. The second kappa shape index (κ2) is 2.92. The van der Waals surface area contributed by atoms with Gasteiger partial charge in [-0.1, -0.05) is 6.07 Å². The Morgan fingerprint density at radius 2 is 2.21 bits per heavy atom. The molecule has 1 aliphatic rings. The Morgan fingerprint density at radius 1 is 1.50 bits per heavy atom. The zero-order valence-electron chi connectivity index (χ0n) is 7.36. The van der Waals surface area contributed by atoms with Crippen molar-refractivity contribution in [3.63, 3.8) is 0 Å². The number of carbonyl (C=O) groups excluding carboxylic acids is 1. The van der Waals surface area contributed by atoms with Crippen molar-refractivity contribution in [3.8, 4) is 0 Å². The van der Waals surface area contributed by atoms with Gasteiger partial charge in [-0.2, -0.15) is 0 Å². The monoisotopic (exact) mass is 191 g/mol. The molecule has 1 unspecified atom stereocenters. The molecule has 0 amide bonds. The lowest BCUT2D eigenvalue weighted by atomic mass is 10.1. The van der Waals surface area contributed by atoms with Gasteiger partial charge in [-0.15, -0.1) is 0 Å². The Balaban J connectivity index is 2.55. The maximum atomic E-state index is 11.4. The number of rotatable bonds is 1. The van der Waals surface area contributed by atoms with E-state index in [4.69, 9.17) is 10.8 Å². The standard InChI is InChI=1S/C10H9NO3/c11-8-4-9(12)7-3-5(10(13)14)1-2-6(7)8/h1-3,8H,4,11H2,(H,13,14). The molecular formula is C10H9NO3. The Hall–Kier alpha value is -1.68. The van der Waals surface area contributed by atoms with Crippen molar-refractivity contribution < 1.29 is 14.7 Å². The fraction of sp³-hybridized carbons (Fsp3) is 0.200. The van der Waals surface area contributed by atoms with Gasteiger partial charge in [0.2, 0.25) is 0 Å². The number of ketones is 1. The van der Waals surface area contributed by atoms with Crippen LogP contribution in [0.2, 0.25) is 0 Å². The van der Waals surface area contributed by atoms with Crippen molar-refractivity contribution in [3.05, 3.63) is 34.9 Å². The molecule has 0 aromatic heterocycles. The van der Waals surface area contributed by atoms with Crippen molar-refractivity contribution in [1.29, 1.82) is 0 Å². The van der Waals surface area contributed by atoms with Gasteiger partial charge in [0.1, 0.15) is 0 Å². The van der Waals surface area contributed by atoms with Crippen LogP contribution in [0.15, 0.2) is 18.2 Å². The van der Waals surface area contributed by atoms with E-state index in [1.54, 1.807) is 6.07 Å². The SMILES string of the molecule is NC1CC(=O)c2cc(C(=O)O)ccc21. The molecule has 0 fully saturated rings. The number of carboxylic acids is 1. The van der Waals surface area contributed by atoms with E-state index in [0.29, 0.717) is 5.56 Å². The third kappa shape index (κ3) is 1.20. The van der Waals surface area contributed by atoms with Gasteiger partial charge >= 0.3 is 5.97 Å². The van der Waals surface area contributed by atoms with E-state index in [-0.39, 0.29) is 23.8 Å². The predicted octanol–water partition coefficient (Wildman–Crippen LogP) is 0.971. The van der Waals surface area contributed by atoms with E-state index in [9.17, 15) is 9.59 Å². The molecule has 0 bridgehead atoms. The number of fused-ring (bicyclic) bond motifs is 1. The topological polar surface area (TPSA) is 80.4 Å². The van der Waals surface area contributed by atoms with Gasteiger partial charge in [0, 0.05) is 18.0 Å². The highest BCUT2D eigenvalue weighted by atomic mass is 16.4. The van der Waals surface area contributed by atoms with Crippen LogP contribution in [0, 0.1) is 0 Å². The smallest absolute Gasteiger partial charge is 0.335 e. The summed E-state index contributed by atoms with van der Waals surface area (Å²) in [5.41, 5.74) is 7.03. The van der Waals surface area contributed by atoms with Gasteiger partial charge < -0.3 is 10.8 Å². The maximum absolute atomic E-state index is 11.4. The van der Waals surface area contributed by atoms with E-state index in [2.05, 4.69) is 0 Å². The van der Waals surface area contributed by atoms with Crippen molar-refractivity contribution in [2.45, 2.75) is 12.5 Å². The number of carboxylic acid groups (broad SMARTS) is 1. The average molecular weight is 191 g/mol. The predicted molar refractivity (Wildman–Crippen MR) is 49.3 cm³/mol. The molecule has 3 N–H and O–H groups in total. The minimum atomic E-state index is -1.03. The first-order valence-corrected chi connectivity index (χ1v) is 4.25. The molecule has 2 rings (SSSR count). The first kappa shape index (κ1) is 8.90. The van der Waals surface area contributed by atoms with E-state index < -0.39 is 5.97 Å². The number of carbonyl (C=O) groups is 2. The Labute approximate surface area is 80.3 Å². The summed E-state index contributed by atoms with van der Waals surface area (Å²) in [5.74, 6) is -1.10. The van der Waals surface area contributed by atoms with E-state index >= 15 is 0 Å². The Bertz CT molecular complexity index is 425. The largest absolute Gasteiger partial charge is 0.478 e. The molecule has 14 heavy (non-hydrogen) atoms. The first-order chi connectivity index (χ1) is 6.59. The van der Waals surface area contributed by atoms with Gasteiger partial charge in [0.25, 0.3) is 0 Å². The van der Waals surface area contributed by atoms with Crippen LogP contribution in [-0.4, -0.2) is 16.9 Å². The summed E-state index contributed by atoms with van der Waals surface area (Å²) in [7, 11) is 0. The molecule has 72 valence electrons. The average Bonchev–Trinajstić information content (AvgIpc) is 2.42. The summed E-state index contributed by atoms with van der Waals surface area (Å²) in [6.07, 6.45) is 0.276. The second-order valence-electron chi connectivity index (χ2n) is 3.34. The van der Waals surface area contributed by atoms with Crippen LogP contribution in [0.25, 0.3) is 0 Å². The fourth-order valence-corrected chi connectivity index (χ4v) is 1.67. The normalized spacial score (nSPS) is 19.5. The summed E-state index contributed by atoms with van der Waals surface area (Å²) in [6, 6.07) is 4.21. The lowest BCUT2D eigenvalue weighted by Crippen LogP contribution is -2.06. The molecule has 0 radical (unpaired) electrons. The molecule has 1 atom stereocenters. The molecular weight excluding hydrogens is 182 g/mol. The number of hydrogen-bond acceptors (Lipinski definition) is 3. The van der Waals surface area contributed by atoms with Gasteiger partial charge in [-0.3, -0.25) is 4.79 Å². The minimum absolute atomic E-state index is 0.0735.